The van der Waals surface area contributed by atoms with Gasteiger partial charge in [0.25, 0.3) is 0 Å². The Morgan fingerprint density at radius 3 is 2.44 bits per heavy atom. The second-order valence-electron chi connectivity index (χ2n) is 4.55. The normalized spacial score (nSPS) is 14.2. The maximum Gasteiger partial charge on any atom is 0.124 e. The Bertz CT molecular complexity index is 537. The predicted octanol–water partition coefficient (Wildman–Crippen LogP) is 3.93. The molecule has 2 aromatic carbocycles. The number of aliphatic hydroxyl groups is 1. The molecule has 0 aliphatic heterocycles. The Hall–Kier alpha value is -1.38. The van der Waals surface area contributed by atoms with Gasteiger partial charge in [0.15, 0.2) is 0 Å². The topological polar surface area (TPSA) is 20.2 Å². The Morgan fingerprint density at radius 1 is 1.17 bits per heavy atom. The molecule has 1 unspecified atom stereocenters. The highest BCUT2D eigenvalue weighted by Gasteiger charge is 2.24. The van der Waals surface area contributed by atoms with E-state index in [9.17, 15) is 9.50 Å². The maximum absolute atomic E-state index is 13.0. The van der Waals surface area contributed by atoms with Crippen molar-refractivity contribution in [2.45, 2.75) is 18.9 Å². The van der Waals surface area contributed by atoms with Gasteiger partial charge < -0.3 is 5.11 Å². The molecule has 2 aromatic rings. The summed E-state index contributed by atoms with van der Waals surface area (Å²) in [6.45, 7) is 1.72. The van der Waals surface area contributed by atoms with Gasteiger partial charge in [0.1, 0.15) is 5.82 Å². The molecule has 0 spiro atoms. The summed E-state index contributed by atoms with van der Waals surface area (Å²) in [7, 11) is 0. The minimum atomic E-state index is -1.03. The van der Waals surface area contributed by atoms with Crippen LogP contribution in [0.3, 0.4) is 0 Å². The molecule has 0 amide bonds. The molecule has 2 rings (SSSR count). The lowest BCUT2D eigenvalue weighted by atomic mass is 9.89. The lowest BCUT2D eigenvalue weighted by Crippen LogP contribution is -2.24. The van der Waals surface area contributed by atoms with Gasteiger partial charge in [0.2, 0.25) is 0 Å². The van der Waals surface area contributed by atoms with E-state index in [1.54, 1.807) is 13.0 Å². The number of halogens is 2. The number of benzene rings is 2. The van der Waals surface area contributed by atoms with Gasteiger partial charge in [-0.25, -0.2) is 4.39 Å². The predicted molar refractivity (Wildman–Crippen MR) is 71.1 cm³/mol. The second kappa shape index (κ2) is 5.09. The zero-order chi connectivity index (χ0) is 13.2. The van der Waals surface area contributed by atoms with E-state index in [-0.39, 0.29) is 5.82 Å². The molecule has 0 bridgehead atoms. The van der Waals surface area contributed by atoms with E-state index in [2.05, 4.69) is 0 Å². The minimum absolute atomic E-state index is 0.339. The molecular formula is C15H14ClFO. The summed E-state index contributed by atoms with van der Waals surface area (Å²) in [5.74, 6) is -0.372. The summed E-state index contributed by atoms with van der Waals surface area (Å²) in [5.41, 5.74) is 0.514. The molecule has 0 radical (unpaired) electrons. The summed E-state index contributed by atoms with van der Waals surface area (Å²) in [6, 6.07) is 13.6. The molecule has 3 heteroatoms. The van der Waals surface area contributed by atoms with Crippen LogP contribution in [0.25, 0.3) is 0 Å². The molecule has 1 nitrogen and oxygen atoms in total. The summed E-state index contributed by atoms with van der Waals surface area (Å²) < 4.78 is 13.0. The third-order valence-electron chi connectivity index (χ3n) is 2.95. The van der Waals surface area contributed by atoms with Gasteiger partial charge in [-0.15, -0.1) is 0 Å². The van der Waals surface area contributed by atoms with Gasteiger partial charge in [0.05, 0.1) is 5.60 Å². The fourth-order valence-electron chi connectivity index (χ4n) is 1.94. The van der Waals surface area contributed by atoms with Crippen LogP contribution in [0.5, 0.6) is 0 Å². The fourth-order valence-corrected chi connectivity index (χ4v) is 2.17. The highest BCUT2D eigenvalue weighted by Crippen LogP contribution is 2.28. The smallest absolute Gasteiger partial charge is 0.124 e. The van der Waals surface area contributed by atoms with Gasteiger partial charge >= 0.3 is 0 Å². The molecule has 0 saturated heterocycles. The third kappa shape index (κ3) is 2.89. The van der Waals surface area contributed by atoms with E-state index < -0.39 is 5.60 Å². The van der Waals surface area contributed by atoms with Crippen LogP contribution in [-0.2, 0) is 12.0 Å². The van der Waals surface area contributed by atoms with Gasteiger partial charge in [-0.3, -0.25) is 0 Å². The summed E-state index contributed by atoms with van der Waals surface area (Å²) in [5, 5.41) is 10.8. The van der Waals surface area contributed by atoms with Crippen molar-refractivity contribution in [3.8, 4) is 0 Å². The molecular weight excluding hydrogens is 251 g/mol. The SMILES string of the molecule is CC(O)(Cc1ccc(F)cc1Cl)c1ccccc1. The summed E-state index contributed by atoms with van der Waals surface area (Å²) in [4.78, 5) is 0. The highest BCUT2D eigenvalue weighted by atomic mass is 35.5. The first kappa shape index (κ1) is 13.1. The summed E-state index contributed by atoms with van der Waals surface area (Å²) in [6.07, 6.45) is 0.343. The van der Waals surface area contributed by atoms with Crippen molar-refractivity contribution in [2.24, 2.45) is 0 Å². The lowest BCUT2D eigenvalue weighted by Gasteiger charge is -2.24. The molecule has 1 N–H and O–H groups in total. The number of rotatable bonds is 3. The first-order chi connectivity index (χ1) is 8.49. The molecule has 1 atom stereocenters. The Labute approximate surface area is 111 Å². The molecule has 0 aromatic heterocycles. The number of hydrogen-bond acceptors (Lipinski definition) is 1. The molecule has 0 heterocycles. The van der Waals surface area contributed by atoms with Crippen LogP contribution in [0.2, 0.25) is 5.02 Å². The van der Waals surface area contributed by atoms with Crippen LogP contribution >= 0.6 is 11.6 Å². The third-order valence-corrected chi connectivity index (χ3v) is 3.30. The Balaban J connectivity index is 2.28. The van der Waals surface area contributed by atoms with Gasteiger partial charge in [-0.05, 0) is 30.2 Å². The van der Waals surface area contributed by atoms with E-state index in [0.717, 1.165) is 11.1 Å². The van der Waals surface area contributed by atoms with Gasteiger partial charge in [-0.1, -0.05) is 48.0 Å². The Kier molecular flexibility index (Phi) is 3.69. The average molecular weight is 265 g/mol. The van der Waals surface area contributed by atoms with Crippen LogP contribution in [-0.4, -0.2) is 5.11 Å². The zero-order valence-corrected chi connectivity index (χ0v) is 10.8. The monoisotopic (exact) mass is 264 g/mol. The van der Waals surface area contributed by atoms with Crippen molar-refractivity contribution in [2.75, 3.05) is 0 Å². The molecule has 0 aliphatic carbocycles. The fraction of sp³-hybridized carbons (Fsp3) is 0.200. The molecule has 0 fully saturated rings. The first-order valence-corrected chi connectivity index (χ1v) is 6.09. The lowest BCUT2D eigenvalue weighted by molar-refractivity contribution is 0.0576. The van der Waals surface area contributed by atoms with Crippen LogP contribution in [0.4, 0.5) is 4.39 Å². The van der Waals surface area contributed by atoms with Crippen LogP contribution in [0, 0.1) is 5.82 Å². The molecule has 0 aliphatic rings. The molecule has 94 valence electrons. The van der Waals surface area contributed by atoms with Crippen molar-refractivity contribution in [1.29, 1.82) is 0 Å². The van der Waals surface area contributed by atoms with Crippen molar-refractivity contribution < 1.29 is 9.50 Å². The minimum Gasteiger partial charge on any atom is -0.385 e. The van der Waals surface area contributed by atoms with E-state index in [1.807, 2.05) is 30.3 Å². The van der Waals surface area contributed by atoms with Crippen LogP contribution in [0.1, 0.15) is 18.1 Å². The molecule has 18 heavy (non-hydrogen) atoms. The quantitative estimate of drug-likeness (QED) is 0.891. The second-order valence-corrected chi connectivity index (χ2v) is 4.96. The zero-order valence-electron chi connectivity index (χ0n) is 10.0. The van der Waals surface area contributed by atoms with Crippen LogP contribution < -0.4 is 0 Å². The highest BCUT2D eigenvalue weighted by molar-refractivity contribution is 6.31. The van der Waals surface area contributed by atoms with Crippen molar-refractivity contribution in [3.05, 3.63) is 70.5 Å². The average Bonchev–Trinajstić information content (AvgIpc) is 2.34. The largest absolute Gasteiger partial charge is 0.385 e. The number of hydrogen-bond donors (Lipinski definition) is 1. The standard InChI is InChI=1S/C15H14ClFO/c1-15(18,12-5-3-2-4-6-12)10-11-7-8-13(17)9-14(11)16/h2-9,18H,10H2,1H3. The Morgan fingerprint density at radius 2 is 1.83 bits per heavy atom. The maximum atomic E-state index is 13.0. The van der Waals surface area contributed by atoms with E-state index in [4.69, 9.17) is 11.6 Å². The van der Waals surface area contributed by atoms with E-state index in [0.29, 0.717) is 11.4 Å². The summed E-state index contributed by atoms with van der Waals surface area (Å²) >= 11 is 5.97. The first-order valence-electron chi connectivity index (χ1n) is 5.71. The van der Waals surface area contributed by atoms with Crippen molar-refractivity contribution in [1.82, 2.24) is 0 Å². The van der Waals surface area contributed by atoms with E-state index >= 15 is 0 Å². The van der Waals surface area contributed by atoms with Gasteiger partial charge in [0, 0.05) is 11.4 Å². The van der Waals surface area contributed by atoms with E-state index in [1.165, 1.54) is 12.1 Å². The molecule has 0 saturated carbocycles. The van der Waals surface area contributed by atoms with Crippen LogP contribution in [0.15, 0.2) is 48.5 Å². The van der Waals surface area contributed by atoms with Crippen molar-refractivity contribution in [3.63, 3.8) is 0 Å². The van der Waals surface area contributed by atoms with Crippen molar-refractivity contribution >= 4 is 11.6 Å². The van der Waals surface area contributed by atoms with Gasteiger partial charge in [-0.2, -0.15) is 0 Å².